The Bertz CT molecular complexity index is 836. The standard InChI is InChI=1S/C20H24N4/c1-20(13-21)10-11-23(14-20)12-16-6-8-17(9-7-16)24-15-22-18-4-2-3-5-19(18)24/h2-9,15H,10-14,21H2,1H3. The van der Waals surface area contributed by atoms with Gasteiger partial charge in [-0.2, -0.15) is 0 Å². The molecular formula is C20H24N4. The van der Waals surface area contributed by atoms with E-state index >= 15 is 0 Å². The van der Waals surface area contributed by atoms with Gasteiger partial charge in [-0.05, 0) is 54.8 Å². The minimum Gasteiger partial charge on any atom is -0.330 e. The smallest absolute Gasteiger partial charge is 0.100 e. The van der Waals surface area contributed by atoms with Gasteiger partial charge in [0.15, 0.2) is 0 Å². The molecule has 0 bridgehead atoms. The van der Waals surface area contributed by atoms with Crippen LogP contribution in [-0.2, 0) is 6.54 Å². The summed E-state index contributed by atoms with van der Waals surface area (Å²) in [5.74, 6) is 0. The second-order valence-electron chi connectivity index (χ2n) is 7.25. The number of rotatable bonds is 4. The molecule has 4 rings (SSSR count). The number of hydrogen-bond acceptors (Lipinski definition) is 3. The van der Waals surface area contributed by atoms with E-state index in [-0.39, 0.29) is 5.41 Å². The van der Waals surface area contributed by atoms with Gasteiger partial charge in [0, 0.05) is 18.8 Å². The third-order valence-corrected chi connectivity index (χ3v) is 5.20. The van der Waals surface area contributed by atoms with E-state index in [0.717, 1.165) is 42.9 Å². The van der Waals surface area contributed by atoms with Crippen LogP contribution < -0.4 is 5.73 Å². The fourth-order valence-corrected chi connectivity index (χ4v) is 3.61. The van der Waals surface area contributed by atoms with E-state index in [0.29, 0.717) is 0 Å². The van der Waals surface area contributed by atoms with Gasteiger partial charge >= 0.3 is 0 Å². The Morgan fingerprint density at radius 1 is 1.12 bits per heavy atom. The number of benzene rings is 2. The van der Waals surface area contributed by atoms with Crippen molar-refractivity contribution in [2.24, 2.45) is 11.1 Å². The summed E-state index contributed by atoms with van der Waals surface area (Å²) in [4.78, 5) is 6.98. The molecule has 0 radical (unpaired) electrons. The van der Waals surface area contributed by atoms with Gasteiger partial charge in [0.1, 0.15) is 6.33 Å². The van der Waals surface area contributed by atoms with Crippen molar-refractivity contribution in [1.29, 1.82) is 0 Å². The predicted octanol–water partition coefficient (Wildman–Crippen LogP) is 3.20. The van der Waals surface area contributed by atoms with Crippen LogP contribution in [0.4, 0.5) is 0 Å². The topological polar surface area (TPSA) is 47.1 Å². The highest BCUT2D eigenvalue weighted by Gasteiger charge is 2.32. The lowest BCUT2D eigenvalue weighted by Gasteiger charge is -2.22. The van der Waals surface area contributed by atoms with Gasteiger partial charge in [0.2, 0.25) is 0 Å². The molecule has 0 saturated carbocycles. The number of fused-ring (bicyclic) bond motifs is 1. The van der Waals surface area contributed by atoms with Crippen molar-refractivity contribution in [1.82, 2.24) is 14.5 Å². The molecule has 2 aromatic carbocycles. The van der Waals surface area contributed by atoms with Crippen LogP contribution in [0, 0.1) is 5.41 Å². The van der Waals surface area contributed by atoms with Gasteiger partial charge < -0.3 is 5.73 Å². The van der Waals surface area contributed by atoms with Crippen molar-refractivity contribution >= 4 is 11.0 Å². The molecular weight excluding hydrogens is 296 g/mol. The fraction of sp³-hybridized carbons (Fsp3) is 0.350. The third-order valence-electron chi connectivity index (χ3n) is 5.20. The first-order valence-electron chi connectivity index (χ1n) is 8.61. The summed E-state index contributed by atoms with van der Waals surface area (Å²) >= 11 is 0. The highest BCUT2D eigenvalue weighted by molar-refractivity contribution is 5.77. The molecule has 1 aliphatic heterocycles. The summed E-state index contributed by atoms with van der Waals surface area (Å²) < 4.78 is 2.14. The normalized spacial score (nSPS) is 21.6. The van der Waals surface area contributed by atoms with E-state index in [2.05, 4.69) is 57.8 Å². The second-order valence-corrected chi connectivity index (χ2v) is 7.25. The lowest BCUT2D eigenvalue weighted by atomic mass is 9.90. The van der Waals surface area contributed by atoms with Crippen molar-refractivity contribution in [3.63, 3.8) is 0 Å². The summed E-state index contributed by atoms with van der Waals surface area (Å²) in [6, 6.07) is 17.0. The van der Waals surface area contributed by atoms with Crippen LogP contribution in [-0.4, -0.2) is 34.1 Å². The van der Waals surface area contributed by atoms with Crippen molar-refractivity contribution in [2.45, 2.75) is 19.9 Å². The van der Waals surface area contributed by atoms with Gasteiger partial charge in [0.25, 0.3) is 0 Å². The van der Waals surface area contributed by atoms with Crippen LogP contribution in [0.15, 0.2) is 54.9 Å². The van der Waals surface area contributed by atoms with Crippen LogP contribution >= 0.6 is 0 Å². The van der Waals surface area contributed by atoms with Crippen LogP contribution in [0.1, 0.15) is 18.9 Å². The van der Waals surface area contributed by atoms with Gasteiger partial charge in [0.05, 0.1) is 11.0 Å². The zero-order valence-electron chi connectivity index (χ0n) is 14.2. The van der Waals surface area contributed by atoms with Crippen molar-refractivity contribution in [3.8, 4) is 5.69 Å². The average Bonchev–Trinajstić information content (AvgIpc) is 3.20. The molecule has 2 N–H and O–H groups in total. The Kier molecular flexibility index (Phi) is 3.87. The molecule has 1 unspecified atom stereocenters. The average molecular weight is 320 g/mol. The van der Waals surface area contributed by atoms with E-state index in [4.69, 9.17) is 5.73 Å². The maximum absolute atomic E-state index is 5.91. The van der Waals surface area contributed by atoms with E-state index in [9.17, 15) is 0 Å². The molecule has 1 aliphatic rings. The molecule has 0 aliphatic carbocycles. The largest absolute Gasteiger partial charge is 0.330 e. The molecule has 2 heterocycles. The van der Waals surface area contributed by atoms with Gasteiger partial charge in [-0.1, -0.05) is 31.2 Å². The molecule has 24 heavy (non-hydrogen) atoms. The van der Waals surface area contributed by atoms with Crippen LogP contribution in [0.25, 0.3) is 16.7 Å². The number of aromatic nitrogens is 2. The first kappa shape index (κ1) is 15.4. The van der Waals surface area contributed by atoms with E-state index < -0.39 is 0 Å². The number of likely N-dealkylation sites (tertiary alicyclic amines) is 1. The number of para-hydroxylation sites is 2. The summed E-state index contributed by atoms with van der Waals surface area (Å²) in [5, 5.41) is 0. The highest BCUT2D eigenvalue weighted by Crippen LogP contribution is 2.29. The molecule has 1 aromatic heterocycles. The molecule has 0 spiro atoms. The Balaban J connectivity index is 1.51. The summed E-state index contributed by atoms with van der Waals surface area (Å²) in [5.41, 5.74) is 10.9. The van der Waals surface area contributed by atoms with E-state index in [1.54, 1.807) is 0 Å². The molecule has 1 saturated heterocycles. The summed E-state index contributed by atoms with van der Waals surface area (Å²) in [6.07, 6.45) is 3.09. The minimum atomic E-state index is 0.287. The predicted molar refractivity (Wildman–Crippen MR) is 98.1 cm³/mol. The van der Waals surface area contributed by atoms with Gasteiger partial charge in [-0.3, -0.25) is 9.47 Å². The third kappa shape index (κ3) is 2.83. The lowest BCUT2D eigenvalue weighted by Crippen LogP contribution is -2.31. The monoisotopic (exact) mass is 320 g/mol. The second kappa shape index (κ2) is 6.04. The van der Waals surface area contributed by atoms with Gasteiger partial charge in [-0.25, -0.2) is 4.98 Å². The maximum atomic E-state index is 5.91. The first-order chi connectivity index (χ1) is 11.7. The van der Waals surface area contributed by atoms with Gasteiger partial charge in [-0.15, -0.1) is 0 Å². The van der Waals surface area contributed by atoms with Crippen LogP contribution in [0.3, 0.4) is 0 Å². The number of nitrogens with zero attached hydrogens (tertiary/aromatic N) is 3. The van der Waals surface area contributed by atoms with E-state index in [1.807, 2.05) is 18.5 Å². The Hall–Kier alpha value is -2.17. The van der Waals surface area contributed by atoms with E-state index in [1.165, 1.54) is 12.0 Å². The quantitative estimate of drug-likeness (QED) is 0.803. The van der Waals surface area contributed by atoms with Crippen molar-refractivity contribution < 1.29 is 0 Å². The fourth-order valence-electron chi connectivity index (χ4n) is 3.61. The van der Waals surface area contributed by atoms with Crippen LogP contribution in [0.5, 0.6) is 0 Å². The molecule has 0 amide bonds. The Morgan fingerprint density at radius 3 is 2.67 bits per heavy atom. The van der Waals surface area contributed by atoms with Crippen molar-refractivity contribution in [2.75, 3.05) is 19.6 Å². The molecule has 4 nitrogen and oxygen atoms in total. The highest BCUT2D eigenvalue weighted by atomic mass is 15.2. The van der Waals surface area contributed by atoms with Crippen molar-refractivity contribution in [3.05, 3.63) is 60.4 Å². The first-order valence-corrected chi connectivity index (χ1v) is 8.61. The Morgan fingerprint density at radius 2 is 1.92 bits per heavy atom. The SMILES string of the molecule is CC1(CN)CCN(Cc2ccc(-n3cnc4ccccc43)cc2)C1. The maximum Gasteiger partial charge on any atom is 0.100 e. The molecule has 1 atom stereocenters. The Labute approximate surface area is 142 Å². The summed E-state index contributed by atoms with van der Waals surface area (Å²) in [6.45, 7) is 6.30. The summed E-state index contributed by atoms with van der Waals surface area (Å²) in [7, 11) is 0. The molecule has 3 aromatic rings. The number of imidazole rings is 1. The molecule has 1 fully saturated rings. The minimum absolute atomic E-state index is 0.287. The zero-order chi connectivity index (χ0) is 16.6. The number of hydrogen-bond donors (Lipinski definition) is 1. The lowest BCUT2D eigenvalue weighted by molar-refractivity contribution is 0.274. The zero-order valence-corrected chi connectivity index (χ0v) is 14.2. The molecule has 4 heteroatoms. The molecule has 124 valence electrons. The number of nitrogens with two attached hydrogens (primary N) is 1. The van der Waals surface area contributed by atoms with Crippen LogP contribution in [0.2, 0.25) is 0 Å².